The van der Waals surface area contributed by atoms with E-state index in [4.69, 9.17) is 55.6 Å². The molecule has 16 nitrogen and oxygen atoms in total. The molecule has 2 aromatic carbocycles. The SMILES string of the molecule is CCCCCCCCCCCCCCCC(=O)OCC(COP(=O)(OCc1ccccc1CBr)OC1[C@@H]2OC3(CCCCC3)O[C@@H]2C(OP2(=O)OCc3ccccc3CO2)[C@@H]2OC3(CCCCC3)O[C@@H]12)OC(=O)CCCCCCCCCCCCCCC. The third kappa shape index (κ3) is 22.8. The van der Waals surface area contributed by atoms with Crippen molar-refractivity contribution in [3.05, 3.63) is 70.8 Å². The van der Waals surface area contributed by atoms with E-state index in [1.54, 1.807) is 0 Å². The molecule has 6 aliphatic rings. The van der Waals surface area contributed by atoms with E-state index in [9.17, 15) is 14.2 Å². The van der Waals surface area contributed by atoms with E-state index in [2.05, 4.69) is 29.8 Å². The number of esters is 2. The van der Waals surface area contributed by atoms with Crippen LogP contribution in [0.2, 0.25) is 0 Å². The Labute approximate surface area is 536 Å². The van der Waals surface area contributed by atoms with Gasteiger partial charge in [-0.15, -0.1) is 0 Å². The highest BCUT2D eigenvalue weighted by molar-refractivity contribution is 9.08. The Balaban J connectivity index is 0.971. The molecule has 8 atom stereocenters. The molecule has 3 saturated carbocycles. The summed E-state index contributed by atoms with van der Waals surface area (Å²) in [4.78, 5) is 27.2. The molecule has 2 aromatic rings. The molecule has 0 amide bonds. The van der Waals surface area contributed by atoms with Gasteiger partial charge in [-0.05, 0) is 60.8 Å². The second-order valence-electron chi connectivity index (χ2n) is 25.9. The summed E-state index contributed by atoms with van der Waals surface area (Å²) in [6, 6.07) is 15.2. The van der Waals surface area contributed by atoms with E-state index in [-0.39, 0.29) is 39.3 Å². The molecule has 0 bridgehead atoms. The van der Waals surface area contributed by atoms with Crippen LogP contribution in [0.1, 0.15) is 280 Å². The van der Waals surface area contributed by atoms with Gasteiger partial charge >= 0.3 is 27.6 Å². The molecule has 3 aliphatic heterocycles. The van der Waals surface area contributed by atoms with Crippen molar-refractivity contribution < 1.29 is 74.3 Å². The molecule has 5 fully saturated rings. The second-order valence-corrected chi connectivity index (χ2v) is 29.7. The minimum Gasteiger partial charge on any atom is -0.462 e. The summed E-state index contributed by atoms with van der Waals surface area (Å²) in [6.07, 6.45) is 31.2. The summed E-state index contributed by atoms with van der Waals surface area (Å²) in [6.45, 7) is 3.52. The number of halogens is 1. The lowest BCUT2D eigenvalue weighted by Crippen LogP contribution is -2.62. The fraction of sp³-hybridized carbons (Fsp3) is 0.797. The number of fused-ring (bicyclic) bond motifs is 3. The molecular weight excluding hydrogens is 1230 g/mol. The first kappa shape index (κ1) is 71.8. The van der Waals surface area contributed by atoms with Gasteiger partial charge in [-0.3, -0.25) is 36.7 Å². The highest BCUT2D eigenvalue weighted by Gasteiger charge is 2.69. The molecule has 0 aromatic heterocycles. The highest BCUT2D eigenvalue weighted by Crippen LogP contribution is 2.62. The molecule has 2 spiro atoms. The average Bonchev–Trinajstić information content (AvgIpc) is 1.57. The van der Waals surface area contributed by atoms with Gasteiger partial charge in [0.2, 0.25) is 0 Å². The second kappa shape index (κ2) is 38.3. The zero-order valence-electron chi connectivity index (χ0n) is 53.6. The summed E-state index contributed by atoms with van der Waals surface area (Å²) >= 11 is 3.60. The van der Waals surface area contributed by atoms with Gasteiger partial charge in [0.15, 0.2) is 17.7 Å². The van der Waals surface area contributed by atoms with Gasteiger partial charge in [0, 0.05) is 43.9 Å². The number of carbonyl (C=O) groups excluding carboxylic acids is 2. The maximum Gasteiger partial charge on any atom is 0.475 e. The van der Waals surface area contributed by atoms with Gasteiger partial charge in [0.25, 0.3) is 0 Å². The van der Waals surface area contributed by atoms with Crippen LogP contribution in [0.15, 0.2) is 48.5 Å². The van der Waals surface area contributed by atoms with Gasteiger partial charge in [-0.1, -0.05) is 245 Å². The zero-order chi connectivity index (χ0) is 61.8. The minimum atomic E-state index is -4.80. The number of phosphoric acid groups is 2. The Hall–Kier alpha value is -2.08. The first-order valence-corrected chi connectivity index (χ1v) is 38.9. The highest BCUT2D eigenvalue weighted by atomic mass is 79.9. The molecule has 0 N–H and O–H groups in total. The van der Waals surface area contributed by atoms with Crippen LogP contribution >= 0.6 is 31.6 Å². The van der Waals surface area contributed by atoms with Crippen LogP contribution in [0.3, 0.4) is 0 Å². The van der Waals surface area contributed by atoms with Crippen molar-refractivity contribution in [1.82, 2.24) is 0 Å². The van der Waals surface area contributed by atoms with E-state index in [1.807, 2.05) is 48.5 Å². The molecule has 498 valence electrons. The first-order chi connectivity index (χ1) is 43.0. The molecular formula is C69H109BrO16P2. The third-order valence-electron chi connectivity index (χ3n) is 18.7. The van der Waals surface area contributed by atoms with Crippen molar-refractivity contribution in [2.45, 2.75) is 337 Å². The molecule has 0 radical (unpaired) electrons. The normalized spacial score (nSPS) is 24.5. The van der Waals surface area contributed by atoms with Crippen LogP contribution in [-0.2, 0) is 99.4 Å². The number of benzene rings is 2. The summed E-state index contributed by atoms with van der Waals surface area (Å²) in [5, 5.41) is 0.502. The molecule has 88 heavy (non-hydrogen) atoms. The monoisotopic (exact) mass is 1330 g/mol. The predicted molar refractivity (Wildman–Crippen MR) is 343 cm³/mol. The lowest BCUT2D eigenvalue weighted by atomic mass is 9.85. The van der Waals surface area contributed by atoms with E-state index < -0.39 is 88.5 Å². The van der Waals surface area contributed by atoms with E-state index >= 15 is 4.57 Å². The Kier molecular flexibility index (Phi) is 31.3. The van der Waals surface area contributed by atoms with Gasteiger partial charge in [-0.2, -0.15) is 0 Å². The Morgan fingerprint density at radius 2 is 0.943 bits per heavy atom. The maximum atomic E-state index is 16.0. The number of alkyl halides is 1. The quantitative estimate of drug-likeness (QED) is 0.0265. The molecule has 3 aliphatic carbocycles. The van der Waals surface area contributed by atoms with Crippen LogP contribution in [0.25, 0.3) is 0 Å². The number of ether oxygens (including phenoxy) is 6. The number of rotatable bonds is 42. The zero-order valence-corrected chi connectivity index (χ0v) is 57.0. The van der Waals surface area contributed by atoms with E-state index in [0.29, 0.717) is 43.9 Å². The molecule has 3 heterocycles. The molecule has 8 rings (SSSR count). The van der Waals surface area contributed by atoms with Crippen LogP contribution in [0, 0.1) is 0 Å². The van der Waals surface area contributed by atoms with Gasteiger partial charge in [-0.25, -0.2) is 9.13 Å². The number of phosphoric ester groups is 2. The van der Waals surface area contributed by atoms with Crippen LogP contribution in [-0.4, -0.2) is 79.5 Å². The minimum absolute atomic E-state index is 0.00117. The van der Waals surface area contributed by atoms with Gasteiger partial charge in [0.1, 0.15) is 43.2 Å². The topological polar surface area (TPSA) is 179 Å². The van der Waals surface area contributed by atoms with Crippen molar-refractivity contribution >= 4 is 43.5 Å². The summed E-state index contributed by atoms with van der Waals surface area (Å²) in [7, 11) is -9.10. The third-order valence-corrected chi connectivity index (χ3v) is 22.1. The Morgan fingerprint density at radius 1 is 0.534 bits per heavy atom. The van der Waals surface area contributed by atoms with Crippen LogP contribution in [0.4, 0.5) is 0 Å². The summed E-state index contributed by atoms with van der Waals surface area (Å²) in [5.74, 6) is -3.02. The number of hydrogen-bond acceptors (Lipinski definition) is 16. The summed E-state index contributed by atoms with van der Waals surface area (Å²) < 4.78 is 110. The van der Waals surface area contributed by atoms with Crippen LogP contribution < -0.4 is 0 Å². The predicted octanol–water partition coefficient (Wildman–Crippen LogP) is 19.2. The molecule has 2 saturated heterocycles. The standard InChI is InChI=1S/C69H109BrO16P2/c1-3-5-7-9-11-13-15-17-19-21-23-25-29-43-60(71)75-53-59(80-61(72)44-30-26-24-22-20-18-16-14-12-10-8-6-4-2)54-79-88(74,76-50-56-40-32-31-39-55(56)49-70)86-67-64-62(81-68(83-64)45-35-27-36-46-68)66(63-65(67)84-69(82-63)47-37-28-38-48-69)85-87(73)77-51-57-41-33-34-42-58(57)52-78-87/h31-34,39-42,59,62-67H,3-30,35-38,43-54H2,1-2H3/t59?,62-,63+,64-,65-,66?,67?,88?/m1/s1. The van der Waals surface area contributed by atoms with Crippen molar-refractivity contribution in [3.8, 4) is 0 Å². The van der Waals surface area contributed by atoms with E-state index in [0.717, 1.165) is 99.3 Å². The lowest BCUT2D eigenvalue weighted by Gasteiger charge is -2.43. The lowest BCUT2D eigenvalue weighted by molar-refractivity contribution is -0.223. The fourth-order valence-corrected chi connectivity index (χ4v) is 16.8. The Morgan fingerprint density at radius 3 is 1.40 bits per heavy atom. The Bertz CT molecular complexity index is 2360. The smallest absolute Gasteiger partial charge is 0.462 e. The van der Waals surface area contributed by atoms with Crippen molar-refractivity contribution in [2.75, 3.05) is 13.2 Å². The molecule has 4 unspecified atom stereocenters. The average molecular weight is 1340 g/mol. The first-order valence-electron chi connectivity index (χ1n) is 34.9. The molecule has 19 heteroatoms. The fourth-order valence-electron chi connectivity index (χ4n) is 13.6. The van der Waals surface area contributed by atoms with Gasteiger partial charge in [0.05, 0.1) is 26.4 Å². The van der Waals surface area contributed by atoms with Crippen molar-refractivity contribution in [1.29, 1.82) is 0 Å². The largest absolute Gasteiger partial charge is 0.475 e. The van der Waals surface area contributed by atoms with Gasteiger partial charge < -0.3 is 28.4 Å². The number of carbonyl (C=O) groups is 2. The summed E-state index contributed by atoms with van der Waals surface area (Å²) in [5.41, 5.74) is 3.32. The number of unbranched alkanes of at least 4 members (excludes halogenated alkanes) is 24. The van der Waals surface area contributed by atoms with Crippen LogP contribution in [0.5, 0.6) is 0 Å². The van der Waals surface area contributed by atoms with E-state index in [1.165, 1.54) is 116 Å². The maximum absolute atomic E-state index is 16.0. The van der Waals surface area contributed by atoms with Crippen molar-refractivity contribution in [2.24, 2.45) is 0 Å². The van der Waals surface area contributed by atoms with Crippen molar-refractivity contribution in [3.63, 3.8) is 0 Å². The number of hydrogen-bond donors (Lipinski definition) is 0.